The quantitative estimate of drug-likeness (QED) is 0.870. The maximum atomic E-state index is 6.18. The summed E-state index contributed by atoms with van der Waals surface area (Å²) in [5.41, 5.74) is 1.58. The molecule has 2 rings (SSSR count). The van der Waals surface area contributed by atoms with Gasteiger partial charge in [0.2, 0.25) is 0 Å². The first kappa shape index (κ1) is 14.9. The minimum atomic E-state index is 0.300. The maximum Gasteiger partial charge on any atom is 0.124 e. The van der Waals surface area contributed by atoms with Gasteiger partial charge in [0, 0.05) is 22.5 Å². The second-order valence-electron chi connectivity index (χ2n) is 6.53. The Hall–Kier alpha value is -0.540. The van der Waals surface area contributed by atoms with Gasteiger partial charge in [-0.3, -0.25) is 0 Å². The van der Waals surface area contributed by atoms with Gasteiger partial charge in [-0.1, -0.05) is 43.6 Å². The molecule has 19 heavy (non-hydrogen) atoms. The molecule has 2 atom stereocenters. The lowest BCUT2D eigenvalue weighted by Gasteiger charge is -2.35. The predicted molar refractivity (Wildman–Crippen MR) is 83.7 cm³/mol. The fourth-order valence-corrected chi connectivity index (χ4v) is 3.14. The van der Waals surface area contributed by atoms with E-state index in [0.717, 1.165) is 29.6 Å². The van der Waals surface area contributed by atoms with Gasteiger partial charge in [0.05, 0.1) is 0 Å². The van der Waals surface area contributed by atoms with Crippen molar-refractivity contribution >= 4 is 15.9 Å². The highest BCUT2D eigenvalue weighted by atomic mass is 79.9. The Balaban J connectivity index is 2.23. The van der Waals surface area contributed by atoms with E-state index in [1.807, 2.05) is 0 Å². The van der Waals surface area contributed by atoms with Crippen molar-refractivity contribution in [1.82, 2.24) is 5.32 Å². The first-order valence-corrected chi connectivity index (χ1v) is 7.88. The van der Waals surface area contributed by atoms with Crippen molar-refractivity contribution in [3.05, 3.63) is 28.2 Å². The Morgan fingerprint density at radius 2 is 2.11 bits per heavy atom. The lowest BCUT2D eigenvalue weighted by Crippen LogP contribution is -2.35. The summed E-state index contributed by atoms with van der Waals surface area (Å²) in [5.74, 6) is 1.04. The molecule has 0 saturated heterocycles. The highest BCUT2D eigenvalue weighted by Gasteiger charge is 2.30. The van der Waals surface area contributed by atoms with Crippen LogP contribution in [0.5, 0.6) is 5.75 Å². The molecule has 1 N–H and O–H groups in total. The molecular formula is C16H24BrNO. The number of fused-ring (bicyclic) bond motifs is 1. The van der Waals surface area contributed by atoms with Crippen LogP contribution in [0.15, 0.2) is 22.7 Å². The van der Waals surface area contributed by atoms with Gasteiger partial charge >= 0.3 is 0 Å². The number of rotatable bonds is 3. The third-order valence-electron chi connectivity index (χ3n) is 3.43. The average molecular weight is 326 g/mol. The summed E-state index contributed by atoms with van der Waals surface area (Å²) in [5, 5.41) is 3.58. The largest absolute Gasteiger partial charge is 0.490 e. The monoisotopic (exact) mass is 325 g/mol. The molecule has 2 nitrogen and oxygen atoms in total. The number of ether oxygens (including phenoxy) is 1. The molecule has 2 unspecified atom stereocenters. The average Bonchev–Trinajstić information content (AvgIpc) is 2.28. The maximum absolute atomic E-state index is 6.18. The van der Waals surface area contributed by atoms with E-state index < -0.39 is 0 Å². The van der Waals surface area contributed by atoms with Gasteiger partial charge in [0.25, 0.3) is 0 Å². The highest BCUT2D eigenvalue weighted by Crippen LogP contribution is 2.39. The minimum absolute atomic E-state index is 0.300. The molecule has 0 radical (unpaired) electrons. The van der Waals surface area contributed by atoms with E-state index in [9.17, 15) is 0 Å². The molecule has 3 heteroatoms. The van der Waals surface area contributed by atoms with Crippen molar-refractivity contribution in [3.8, 4) is 5.75 Å². The summed E-state index contributed by atoms with van der Waals surface area (Å²) < 4.78 is 7.30. The van der Waals surface area contributed by atoms with Crippen molar-refractivity contribution in [1.29, 1.82) is 0 Å². The van der Waals surface area contributed by atoms with Gasteiger partial charge in [-0.15, -0.1) is 0 Å². The van der Waals surface area contributed by atoms with Crippen LogP contribution in [0.1, 0.15) is 52.1 Å². The lowest BCUT2D eigenvalue weighted by atomic mass is 9.85. The van der Waals surface area contributed by atoms with Gasteiger partial charge in [0.15, 0.2) is 0 Å². The van der Waals surface area contributed by atoms with Crippen LogP contribution in [-0.2, 0) is 0 Å². The summed E-state index contributed by atoms with van der Waals surface area (Å²) in [7, 11) is 0. The van der Waals surface area contributed by atoms with Crippen molar-refractivity contribution in [3.63, 3.8) is 0 Å². The number of nitrogens with one attached hydrogen (secondary N) is 1. The van der Waals surface area contributed by atoms with E-state index in [0.29, 0.717) is 17.6 Å². The molecule has 0 amide bonds. The normalized spacial score (nSPS) is 22.8. The Morgan fingerprint density at radius 3 is 2.74 bits per heavy atom. The zero-order valence-electron chi connectivity index (χ0n) is 12.3. The molecule has 1 aliphatic rings. The van der Waals surface area contributed by atoms with E-state index in [-0.39, 0.29) is 0 Å². The van der Waals surface area contributed by atoms with E-state index in [1.165, 1.54) is 5.56 Å². The van der Waals surface area contributed by atoms with Gasteiger partial charge < -0.3 is 10.1 Å². The van der Waals surface area contributed by atoms with E-state index >= 15 is 0 Å². The second-order valence-corrected chi connectivity index (χ2v) is 7.45. The SMILES string of the molecule is CCNC1CC(CC(C)(C)C)Oc2ccc(Br)cc21. The van der Waals surface area contributed by atoms with Crippen LogP contribution in [0.2, 0.25) is 0 Å². The zero-order chi connectivity index (χ0) is 14.0. The predicted octanol–water partition coefficient (Wildman–Crippen LogP) is 4.69. The summed E-state index contributed by atoms with van der Waals surface area (Å²) in [4.78, 5) is 0. The Kier molecular flexibility index (Phi) is 4.57. The molecule has 0 fully saturated rings. The third-order valence-corrected chi connectivity index (χ3v) is 3.92. The summed E-state index contributed by atoms with van der Waals surface area (Å²) in [6.45, 7) is 9.96. The van der Waals surface area contributed by atoms with Crippen molar-refractivity contribution < 1.29 is 4.74 Å². The molecule has 0 aromatic heterocycles. The smallest absolute Gasteiger partial charge is 0.124 e. The molecule has 0 spiro atoms. The molecular weight excluding hydrogens is 302 g/mol. The first-order chi connectivity index (χ1) is 8.89. The van der Waals surface area contributed by atoms with Crippen LogP contribution in [0, 0.1) is 5.41 Å². The van der Waals surface area contributed by atoms with Crippen LogP contribution in [0.4, 0.5) is 0 Å². The summed E-state index contributed by atoms with van der Waals surface area (Å²) in [6, 6.07) is 6.72. The van der Waals surface area contributed by atoms with Crippen LogP contribution in [-0.4, -0.2) is 12.6 Å². The third kappa shape index (κ3) is 3.96. The number of halogens is 1. The van der Waals surface area contributed by atoms with Crippen molar-refractivity contribution in [2.45, 2.75) is 52.7 Å². The summed E-state index contributed by atoms with van der Waals surface area (Å²) >= 11 is 3.55. The molecule has 0 aliphatic carbocycles. The van der Waals surface area contributed by atoms with Crippen molar-refractivity contribution in [2.75, 3.05) is 6.54 Å². The number of hydrogen-bond acceptors (Lipinski definition) is 2. The van der Waals surface area contributed by atoms with Gasteiger partial charge in [-0.25, -0.2) is 0 Å². The Bertz CT molecular complexity index is 439. The second kappa shape index (κ2) is 5.84. The molecule has 0 saturated carbocycles. The fourth-order valence-electron chi connectivity index (χ4n) is 2.76. The van der Waals surface area contributed by atoms with E-state index in [4.69, 9.17) is 4.74 Å². The highest BCUT2D eigenvalue weighted by molar-refractivity contribution is 9.10. The number of hydrogen-bond donors (Lipinski definition) is 1. The molecule has 1 aliphatic heterocycles. The fraction of sp³-hybridized carbons (Fsp3) is 0.625. The van der Waals surface area contributed by atoms with Gasteiger partial charge in [-0.2, -0.15) is 0 Å². The van der Waals surface area contributed by atoms with Crippen LogP contribution in [0.3, 0.4) is 0 Å². The van der Waals surface area contributed by atoms with Crippen molar-refractivity contribution in [2.24, 2.45) is 5.41 Å². The molecule has 0 bridgehead atoms. The van der Waals surface area contributed by atoms with Gasteiger partial charge in [-0.05, 0) is 36.6 Å². The summed E-state index contributed by atoms with van der Waals surface area (Å²) in [6.07, 6.45) is 2.44. The van der Waals surface area contributed by atoms with Crippen LogP contribution in [0.25, 0.3) is 0 Å². The molecule has 106 valence electrons. The zero-order valence-corrected chi connectivity index (χ0v) is 13.9. The number of benzene rings is 1. The Morgan fingerprint density at radius 1 is 1.37 bits per heavy atom. The van der Waals surface area contributed by atoms with E-state index in [1.54, 1.807) is 0 Å². The lowest BCUT2D eigenvalue weighted by molar-refractivity contribution is 0.106. The molecule has 1 heterocycles. The van der Waals surface area contributed by atoms with Crippen LogP contribution >= 0.6 is 15.9 Å². The van der Waals surface area contributed by atoms with E-state index in [2.05, 4.69) is 67.1 Å². The first-order valence-electron chi connectivity index (χ1n) is 7.08. The van der Waals surface area contributed by atoms with Crippen LogP contribution < -0.4 is 10.1 Å². The Labute approximate surface area is 125 Å². The minimum Gasteiger partial charge on any atom is -0.490 e. The van der Waals surface area contributed by atoms with Gasteiger partial charge in [0.1, 0.15) is 11.9 Å². The topological polar surface area (TPSA) is 21.3 Å². The molecule has 1 aromatic carbocycles. The molecule has 1 aromatic rings. The standard InChI is InChI=1S/C16H24BrNO/c1-5-18-14-9-12(10-16(2,3)4)19-15-7-6-11(17)8-13(14)15/h6-8,12,14,18H,5,9-10H2,1-4H3.